The molecule has 0 atom stereocenters. The largest absolute Gasteiger partial charge is 0.357 e. The predicted octanol–water partition coefficient (Wildman–Crippen LogP) is 3.35. The number of nitrogens with one attached hydrogen (secondary N) is 2. The maximum Gasteiger partial charge on any atom is 0.270 e. The molecule has 4 rings (SSSR count). The molecule has 2 aromatic heterocycles. The quantitative estimate of drug-likeness (QED) is 0.428. The van der Waals surface area contributed by atoms with E-state index in [1.54, 1.807) is 22.9 Å². The van der Waals surface area contributed by atoms with Gasteiger partial charge in [-0.1, -0.05) is 18.2 Å². The molecule has 0 aliphatic heterocycles. The summed E-state index contributed by atoms with van der Waals surface area (Å²) in [7, 11) is 0. The van der Waals surface area contributed by atoms with Crippen LogP contribution in [0, 0.1) is 10.1 Å². The fourth-order valence-corrected chi connectivity index (χ4v) is 3.07. The van der Waals surface area contributed by atoms with E-state index in [-0.39, 0.29) is 18.1 Å². The van der Waals surface area contributed by atoms with Gasteiger partial charge >= 0.3 is 0 Å². The van der Waals surface area contributed by atoms with Crippen molar-refractivity contribution >= 4 is 33.4 Å². The van der Waals surface area contributed by atoms with Crippen LogP contribution in [0.3, 0.4) is 0 Å². The molecule has 7 heteroatoms. The molecule has 0 unspecified atom stereocenters. The molecule has 2 aromatic carbocycles. The SMILES string of the molecule is O=C(Cn1ccc2cc([N+](=O)[O-])ccc21)NCc1cc2ccccc2[nH]1. The molecule has 4 aromatic rings. The standard InChI is InChI=1S/C19H16N4O3/c24-19(20-11-15-9-13-3-1-2-4-17(13)21-15)12-22-8-7-14-10-16(23(25)26)5-6-18(14)22/h1-10,21H,11-12H2,(H,20,24). The number of rotatable bonds is 5. The number of nitro benzene ring substituents is 1. The molecular formula is C19H16N4O3. The summed E-state index contributed by atoms with van der Waals surface area (Å²) in [6.07, 6.45) is 1.76. The van der Waals surface area contributed by atoms with Crippen LogP contribution in [-0.2, 0) is 17.9 Å². The fourth-order valence-electron chi connectivity index (χ4n) is 3.07. The zero-order chi connectivity index (χ0) is 18.1. The van der Waals surface area contributed by atoms with E-state index >= 15 is 0 Å². The van der Waals surface area contributed by atoms with E-state index in [0.29, 0.717) is 6.54 Å². The monoisotopic (exact) mass is 348 g/mol. The van der Waals surface area contributed by atoms with Crippen molar-refractivity contribution in [3.63, 3.8) is 0 Å². The van der Waals surface area contributed by atoms with Gasteiger partial charge in [-0.05, 0) is 29.7 Å². The number of hydrogen-bond donors (Lipinski definition) is 2. The second kappa shape index (κ2) is 6.36. The first kappa shape index (κ1) is 15.9. The average molecular weight is 348 g/mol. The smallest absolute Gasteiger partial charge is 0.270 e. The highest BCUT2D eigenvalue weighted by atomic mass is 16.6. The van der Waals surface area contributed by atoms with E-state index in [1.165, 1.54) is 12.1 Å². The highest BCUT2D eigenvalue weighted by molar-refractivity contribution is 5.85. The molecule has 0 radical (unpaired) electrons. The Morgan fingerprint density at radius 3 is 2.77 bits per heavy atom. The molecule has 130 valence electrons. The molecule has 7 nitrogen and oxygen atoms in total. The van der Waals surface area contributed by atoms with Crippen molar-refractivity contribution in [2.24, 2.45) is 0 Å². The van der Waals surface area contributed by atoms with Gasteiger partial charge in [0.25, 0.3) is 5.69 Å². The predicted molar refractivity (Wildman–Crippen MR) is 98.7 cm³/mol. The number of nitro groups is 1. The van der Waals surface area contributed by atoms with Crippen LogP contribution in [0.15, 0.2) is 60.8 Å². The molecule has 0 fully saturated rings. The fraction of sp³-hybridized carbons (Fsp3) is 0.105. The number of H-pyrrole nitrogens is 1. The van der Waals surface area contributed by atoms with E-state index in [9.17, 15) is 14.9 Å². The second-order valence-corrected chi connectivity index (χ2v) is 6.10. The number of non-ortho nitro benzene ring substituents is 1. The summed E-state index contributed by atoms with van der Waals surface area (Å²) < 4.78 is 1.78. The molecule has 0 aliphatic rings. The Hall–Kier alpha value is -3.61. The average Bonchev–Trinajstić information content (AvgIpc) is 3.23. The summed E-state index contributed by atoms with van der Waals surface area (Å²) in [5, 5.41) is 15.6. The third kappa shape index (κ3) is 3.02. The Morgan fingerprint density at radius 1 is 1.12 bits per heavy atom. The molecule has 1 amide bonds. The van der Waals surface area contributed by atoms with Gasteiger partial charge in [0.15, 0.2) is 0 Å². The number of fused-ring (bicyclic) bond motifs is 2. The molecule has 2 heterocycles. The lowest BCUT2D eigenvalue weighted by molar-refractivity contribution is -0.384. The number of carbonyl (C=O) groups is 1. The highest BCUT2D eigenvalue weighted by Crippen LogP contribution is 2.22. The number of amides is 1. The van der Waals surface area contributed by atoms with Crippen molar-refractivity contribution in [1.82, 2.24) is 14.9 Å². The molecule has 26 heavy (non-hydrogen) atoms. The van der Waals surface area contributed by atoms with Crippen LogP contribution in [0.1, 0.15) is 5.69 Å². The van der Waals surface area contributed by atoms with Crippen LogP contribution >= 0.6 is 0 Å². The van der Waals surface area contributed by atoms with E-state index in [1.807, 2.05) is 30.3 Å². The van der Waals surface area contributed by atoms with Gasteiger partial charge in [0.1, 0.15) is 6.54 Å². The molecule has 0 bridgehead atoms. The van der Waals surface area contributed by atoms with Crippen molar-refractivity contribution in [3.8, 4) is 0 Å². The first-order valence-corrected chi connectivity index (χ1v) is 8.17. The van der Waals surface area contributed by atoms with E-state index in [0.717, 1.165) is 27.5 Å². The lowest BCUT2D eigenvalue weighted by Crippen LogP contribution is -2.26. The Bertz CT molecular complexity index is 1090. The van der Waals surface area contributed by atoms with Gasteiger partial charge in [-0.3, -0.25) is 14.9 Å². The second-order valence-electron chi connectivity index (χ2n) is 6.10. The third-order valence-corrected chi connectivity index (χ3v) is 4.34. The summed E-state index contributed by atoms with van der Waals surface area (Å²) in [6.45, 7) is 0.569. The molecular weight excluding hydrogens is 332 g/mol. The minimum Gasteiger partial charge on any atom is -0.357 e. The van der Waals surface area contributed by atoms with Crippen molar-refractivity contribution in [2.45, 2.75) is 13.1 Å². The molecule has 0 saturated heterocycles. The van der Waals surface area contributed by atoms with Gasteiger partial charge < -0.3 is 14.9 Å². The zero-order valence-corrected chi connectivity index (χ0v) is 13.8. The summed E-state index contributed by atoms with van der Waals surface area (Å²) in [5.74, 6) is -0.125. The lowest BCUT2D eigenvalue weighted by Gasteiger charge is -2.06. The van der Waals surface area contributed by atoms with Crippen molar-refractivity contribution < 1.29 is 9.72 Å². The number of aromatic amines is 1. The molecule has 2 N–H and O–H groups in total. The summed E-state index contributed by atoms with van der Waals surface area (Å²) >= 11 is 0. The summed E-state index contributed by atoms with van der Waals surface area (Å²) in [5.41, 5.74) is 2.80. The van der Waals surface area contributed by atoms with Crippen molar-refractivity contribution in [3.05, 3.63) is 76.6 Å². The van der Waals surface area contributed by atoms with E-state index in [2.05, 4.69) is 10.3 Å². The maximum absolute atomic E-state index is 12.3. The number of carbonyl (C=O) groups excluding carboxylic acids is 1. The minimum atomic E-state index is -0.427. The Balaban J connectivity index is 1.44. The lowest BCUT2D eigenvalue weighted by atomic mass is 10.2. The van der Waals surface area contributed by atoms with Gasteiger partial charge in [0.2, 0.25) is 5.91 Å². The van der Waals surface area contributed by atoms with E-state index in [4.69, 9.17) is 0 Å². The first-order valence-electron chi connectivity index (χ1n) is 8.17. The highest BCUT2D eigenvalue weighted by Gasteiger charge is 2.11. The number of para-hydroxylation sites is 1. The number of benzene rings is 2. The topological polar surface area (TPSA) is 93.0 Å². The number of aromatic nitrogens is 2. The Labute approximate surface area is 148 Å². The van der Waals surface area contributed by atoms with Crippen LogP contribution in [-0.4, -0.2) is 20.4 Å². The number of hydrogen-bond acceptors (Lipinski definition) is 3. The Morgan fingerprint density at radius 2 is 1.96 bits per heavy atom. The summed E-state index contributed by atoms with van der Waals surface area (Å²) in [6, 6.07) is 16.3. The van der Waals surface area contributed by atoms with Gasteiger partial charge in [-0.2, -0.15) is 0 Å². The van der Waals surface area contributed by atoms with Crippen molar-refractivity contribution in [2.75, 3.05) is 0 Å². The van der Waals surface area contributed by atoms with Crippen LogP contribution in [0.5, 0.6) is 0 Å². The maximum atomic E-state index is 12.3. The third-order valence-electron chi connectivity index (χ3n) is 4.34. The van der Waals surface area contributed by atoms with Gasteiger partial charge in [-0.15, -0.1) is 0 Å². The van der Waals surface area contributed by atoms with Gasteiger partial charge in [0, 0.05) is 40.4 Å². The zero-order valence-electron chi connectivity index (χ0n) is 13.8. The molecule has 0 aliphatic carbocycles. The number of nitrogens with zero attached hydrogens (tertiary/aromatic N) is 2. The normalized spacial score (nSPS) is 11.1. The van der Waals surface area contributed by atoms with Crippen LogP contribution in [0.2, 0.25) is 0 Å². The Kier molecular flexibility index (Phi) is 3.89. The molecule has 0 saturated carbocycles. The van der Waals surface area contributed by atoms with Gasteiger partial charge in [-0.25, -0.2) is 0 Å². The van der Waals surface area contributed by atoms with Crippen LogP contribution < -0.4 is 5.32 Å². The van der Waals surface area contributed by atoms with Crippen LogP contribution in [0.4, 0.5) is 5.69 Å². The first-order chi connectivity index (χ1) is 12.6. The molecule has 0 spiro atoms. The summed E-state index contributed by atoms with van der Waals surface area (Å²) in [4.78, 5) is 26.0. The van der Waals surface area contributed by atoms with Crippen LogP contribution in [0.25, 0.3) is 21.8 Å². The van der Waals surface area contributed by atoms with E-state index < -0.39 is 4.92 Å². The minimum absolute atomic E-state index is 0.0403. The van der Waals surface area contributed by atoms with Crippen molar-refractivity contribution in [1.29, 1.82) is 0 Å². The van der Waals surface area contributed by atoms with Gasteiger partial charge in [0.05, 0.1) is 11.5 Å².